The van der Waals surface area contributed by atoms with E-state index in [-0.39, 0.29) is 23.1 Å². The molecule has 0 bridgehead atoms. The third kappa shape index (κ3) is 5.48. The summed E-state index contributed by atoms with van der Waals surface area (Å²) in [5, 5.41) is 2.93. The van der Waals surface area contributed by atoms with Crippen molar-refractivity contribution in [3.63, 3.8) is 0 Å². The highest BCUT2D eigenvalue weighted by Gasteiger charge is 2.32. The topological polar surface area (TPSA) is 75.3 Å². The summed E-state index contributed by atoms with van der Waals surface area (Å²) in [6.07, 6.45) is 3.55. The van der Waals surface area contributed by atoms with Crippen molar-refractivity contribution in [2.75, 3.05) is 5.75 Å². The van der Waals surface area contributed by atoms with Crippen molar-refractivity contribution < 1.29 is 13.2 Å². The van der Waals surface area contributed by atoms with Crippen LogP contribution in [0.25, 0.3) is 0 Å². The van der Waals surface area contributed by atoms with Crippen molar-refractivity contribution in [1.82, 2.24) is 10.0 Å². The Labute approximate surface area is 116 Å². The zero-order chi connectivity index (χ0) is 14.7. The van der Waals surface area contributed by atoms with Gasteiger partial charge in [0.05, 0.1) is 11.8 Å². The van der Waals surface area contributed by atoms with Crippen LogP contribution in [0.1, 0.15) is 53.4 Å². The van der Waals surface area contributed by atoms with E-state index in [2.05, 4.69) is 23.9 Å². The number of sulfonamides is 1. The lowest BCUT2D eigenvalue weighted by atomic mass is 9.92. The van der Waals surface area contributed by atoms with Crippen LogP contribution in [0.3, 0.4) is 0 Å². The zero-order valence-electron chi connectivity index (χ0n) is 12.3. The summed E-state index contributed by atoms with van der Waals surface area (Å²) in [7, 11) is -3.34. The quantitative estimate of drug-likeness (QED) is 0.776. The first-order valence-corrected chi connectivity index (χ1v) is 8.61. The Morgan fingerprint density at radius 1 is 1.42 bits per heavy atom. The molecule has 1 rings (SSSR count). The predicted molar refractivity (Wildman–Crippen MR) is 76.2 cm³/mol. The summed E-state index contributed by atoms with van der Waals surface area (Å²) in [4.78, 5) is 12.0. The molecule has 5 nitrogen and oxygen atoms in total. The number of amides is 1. The minimum atomic E-state index is -3.34. The minimum absolute atomic E-state index is 0.0566. The maximum atomic E-state index is 12.0. The van der Waals surface area contributed by atoms with E-state index in [9.17, 15) is 13.2 Å². The van der Waals surface area contributed by atoms with E-state index >= 15 is 0 Å². The maximum Gasteiger partial charge on any atom is 0.238 e. The van der Waals surface area contributed by atoms with Gasteiger partial charge in [0.25, 0.3) is 0 Å². The molecule has 0 aromatic rings. The second-order valence-electron chi connectivity index (χ2n) is 6.27. The van der Waals surface area contributed by atoms with Crippen LogP contribution < -0.4 is 10.0 Å². The van der Waals surface area contributed by atoms with Crippen LogP contribution in [0.5, 0.6) is 0 Å². The molecule has 0 spiro atoms. The van der Waals surface area contributed by atoms with Gasteiger partial charge in [-0.15, -0.1) is 0 Å². The average Bonchev–Trinajstić information content (AvgIpc) is 2.56. The Bertz CT molecular complexity index is 418. The van der Waals surface area contributed by atoms with Crippen LogP contribution in [-0.4, -0.2) is 32.2 Å². The minimum Gasteiger partial charge on any atom is -0.352 e. The molecule has 0 aliphatic heterocycles. The van der Waals surface area contributed by atoms with Gasteiger partial charge in [0, 0.05) is 6.04 Å². The largest absolute Gasteiger partial charge is 0.352 e. The molecule has 1 saturated carbocycles. The lowest BCUT2D eigenvalue weighted by Gasteiger charge is -2.20. The molecule has 1 amide bonds. The molecule has 0 heterocycles. The highest BCUT2D eigenvalue weighted by molar-refractivity contribution is 7.89. The van der Waals surface area contributed by atoms with Crippen LogP contribution in [0, 0.1) is 5.41 Å². The molecular weight excluding hydrogens is 264 g/mol. The van der Waals surface area contributed by atoms with E-state index in [1.165, 1.54) is 0 Å². The highest BCUT2D eigenvalue weighted by atomic mass is 32.2. The first-order valence-electron chi connectivity index (χ1n) is 6.95. The van der Waals surface area contributed by atoms with E-state index in [1.807, 2.05) is 0 Å². The van der Waals surface area contributed by atoms with Gasteiger partial charge in [-0.25, -0.2) is 13.1 Å². The second-order valence-corrected chi connectivity index (χ2v) is 8.14. The molecule has 2 atom stereocenters. The standard InChI is InChI=1S/C13H26N2O3S/c1-5-8-19(17,18)15-10(2)12(16)14-11-6-7-13(3,4)9-11/h10-11,15H,5-9H2,1-4H3,(H,14,16). The van der Waals surface area contributed by atoms with Gasteiger partial charge in [0.1, 0.15) is 0 Å². The smallest absolute Gasteiger partial charge is 0.238 e. The summed E-state index contributed by atoms with van der Waals surface area (Å²) >= 11 is 0. The molecule has 112 valence electrons. The van der Waals surface area contributed by atoms with Gasteiger partial charge in [-0.05, 0) is 38.0 Å². The van der Waals surface area contributed by atoms with Gasteiger partial charge in [-0.2, -0.15) is 0 Å². The first-order chi connectivity index (χ1) is 8.65. The lowest BCUT2D eigenvalue weighted by molar-refractivity contribution is -0.123. The summed E-state index contributed by atoms with van der Waals surface area (Å²) in [5.41, 5.74) is 0.267. The molecule has 2 N–H and O–H groups in total. The number of rotatable bonds is 6. The molecule has 1 aliphatic rings. The zero-order valence-corrected chi connectivity index (χ0v) is 13.1. The Balaban J connectivity index is 2.46. The second kappa shape index (κ2) is 6.22. The molecule has 0 aromatic carbocycles. The first kappa shape index (κ1) is 16.4. The summed E-state index contributed by atoms with van der Waals surface area (Å²) in [5.74, 6) is -0.177. The number of hydrogen-bond donors (Lipinski definition) is 2. The Hall–Kier alpha value is -0.620. The Kier molecular flexibility index (Phi) is 5.38. The van der Waals surface area contributed by atoms with E-state index in [0.717, 1.165) is 19.3 Å². The Morgan fingerprint density at radius 3 is 2.53 bits per heavy atom. The van der Waals surface area contributed by atoms with E-state index < -0.39 is 16.1 Å². The summed E-state index contributed by atoms with van der Waals surface area (Å²) in [6, 6.07) is -0.541. The number of carbonyl (C=O) groups is 1. The van der Waals surface area contributed by atoms with Crippen molar-refractivity contribution in [3.8, 4) is 0 Å². The van der Waals surface area contributed by atoms with Crippen LogP contribution in [0.2, 0.25) is 0 Å². The molecular formula is C13H26N2O3S. The van der Waals surface area contributed by atoms with Gasteiger partial charge >= 0.3 is 0 Å². The van der Waals surface area contributed by atoms with Crippen molar-refractivity contribution in [3.05, 3.63) is 0 Å². The van der Waals surface area contributed by atoms with Gasteiger partial charge in [0.15, 0.2) is 0 Å². The molecule has 0 saturated heterocycles. The van der Waals surface area contributed by atoms with Gasteiger partial charge in [-0.1, -0.05) is 20.8 Å². The molecule has 1 fully saturated rings. The van der Waals surface area contributed by atoms with Crippen LogP contribution in [0.15, 0.2) is 0 Å². The fourth-order valence-corrected chi connectivity index (χ4v) is 3.84. The van der Waals surface area contributed by atoms with E-state index in [1.54, 1.807) is 13.8 Å². The fraction of sp³-hybridized carbons (Fsp3) is 0.923. The van der Waals surface area contributed by atoms with Gasteiger partial charge in [0.2, 0.25) is 15.9 Å². The Morgan fingerprint density at radius 2 is 2.05 bits per heavy atom. The number of carbonyl (C=O) groups excluding carboxylic acids is 1. The summed E-state index contributed by atoms with van der Waals surface area (Å²) < 4.78 is 25.6. The van der Waals surface area contributed by atoms with Crippen LogP contribution in [-0.2, 0) is 14.8 Å². The van der Waals surface area contributed by atoms with Crippen molar-refractivity contribution in [2.24, 2.45) is 5.41 Å². The van der Waals surface area contributed by atoms with E-state index in [4.69, 9.17) is 0 Å². The molecule has 19 heavy (non-hydrogen) atoms. The normalized spacial score (nSPS) is 24.1. The third-order valence-electron chi connectivity index (χ3n) is 3.54. The predicted octanol–water partition coefficient (Wildman–Crippen LogP) is 1.40. The SMILES string of the molecule is CCCS(=O)(=O)NC(C)C(=O)NC1CCC(C)(C)C1. The lowest BCUT2D eigenvalue weighted by Crippen LogP contribution is -2.48. The fourth-order valence-electron chi connectivity index (χ4n) is 2.54. The molecule has 0 radical (unpaired) electrons. The molecule has 1 aliphatic carbocycles. The van der Waals surface area contributed by atoms with Crippen LogP contribution >= 0.6 is 0 Å². The van der Waals surface area contributed by atoms with Crippen molar-refractivity contribution in [2.45, 2.75) is 65.5 Å². The number of nitrogens with one attached hydrogen (secondary N) is 2. The van der Waals surface area contributed by atoms with Gasteiger partial charge in [-0.3, -0.25) is 4.79 Å². The number of hydrogen-bond acceptors (Lipinski definition) is 3. The molecule has 2 unspecified atom stereocenters. The molecule has 6 heteroatoms. The van der Waals surface area contributed by atoms with Crippen molar-refractivity contribution >= 4 is 15.9 Å². The highest BCUT2D eigenvalue weighted by Crippen LogP contribution is 2.36. The average molecular weight is 290 g/mol. The maximum absolute atomic E-state index is 12.0. The van der Waals surface area contributed by atoms with Gasteiger partial charge < -0.3 is 5.32 Å². The summed E-state index contributed by atoms with van der Waals surface area (Å²) in [6.45, 7) is 7.76. The molecule has 0 aromatic heterocycles. The third-order valence-corrected chi connectivity index (χ3v) is 5.20. The van der Waals surface area contributed by atoms with E-state index in [0.29, 0.717) is 6.42 Å². The monoisotopic (exact) mass is 290 g/mol. The van der Waals surface area contributed by atoms with Crippen molar-refractivity contribution in [1.29, 1.82) is 0 Å². The van der Waals surface area contributed by atoms with Crippen LogP contribution in [0.4, 0.5) is 0 Å².